The Balaban J connectivity index is 1.22. The third kappa shape index (κ3) is 4.29. The second kappa shape index (κ2) is 10.3. The molecule has 8 rings (SSSR count). The minimum atomic E-state index is -0.334. The molecule has 10 nitrogen and oxygen atoms in total. The molecule has 4 heterocycles. The van der Waals surface area contributed by atoms with Gasteiger partial charge in [0, 0.05) is 56.3 Å². The average Bonchev–Trinajstić information content (AvgIpc) is 3.42. The lowest BCUT2D eigenvalue weighted by Crippen LogP contribution is -2.41. The SMILES string of the molecule is COc1cc(C(=O)N2C[C@H]3CC[C@@H]2[C@@H]3N)cc2nc(-c3cc4cccc(C5CCN(C(N)=O)CC5)c4n3CC3CC3)n(C)c12. The topological polar surface area (TPSA) is 125 Å². The van der Waals surface area contributed by atoms with Crippen molar-refractivity contribution in [2.24, 2.45) is 30.4 Å². The third-order valence-electron chi connectivity index (χ3n) is 10.9. The molecule has 2 bridgehead atoms. The largest absolute Gasteiger partial charge is 0.494 e. The van der Waals surface area contributed by atoms with E-state index in [4.69, 9.17) is 21.2 Å². The molecule has 3 amide bonds. The number of nitrogens with zero attached hydrogens (tertiary/aromatic N) is 5. The summed E-state index contributed by atoms with van der Waals surface area (Å²) in [6.07, 6.45) is 6.35. The Morgan fingerprint density at radius 2 is 1.82 bits per heavy atom. The quantitative estimate of drug-likeness (QED) is 0.341. The van der Waals surface area contributed by atoms with E-state index in [-0.39, 0.29) is 24.0 Å². The number of primary amides is 1. The zero-order chi connectivity index (χ0) is 30.3. The van der Waals surface area contributed by atoms with Gasteiger partial charge in [0.05, 0.1) is 23.8 Å². The highest BCUT2D eigenvalue weighted by atomic mass is 16.5. The summed E-state index contributed by atoms with van der Waals surface area (Å²) in [5.41, 5.74) is 17.9. The van der Waals surface area contributed by atoms with Crippen LogP contribution in [-0.2, 0) is 13.6 Å². The minimum Gasteiger partial charge on any atom is -0.494 e. The Labute approximate surface area is 256 Å². The Morgan fingerprint density at radius 1 is 1.02 bits per heavy atom. The number of imidazole rings is 1. The lowest BCUT2D eigenvalue weighted by atomic mass is 9.88. The Kier molecular flexibility index (Phi) is 6.41. The van der Waals surface area contributed by atoms with Gasteiger partial charge in [0.15, 0.2) is 5.82 Å². The molecule has 230 valence electrons. The number of benzene rings is 2. The predicted molar refractivity (Wildman–Crippen MR) is 170 cm³/mol. The lowest BCUT2D eigenvalue weighted by molar-refractivity contribution is 0.0700. The van der Waals surface area contributed by atoms with E-state index in [0.717, 1.165) is 61.3 Å². The smallest absolute Gasteiger partial charge is 0.314 e. The maximum atomic E-state index is 13.7. The molecule has 0 unspecified atom stereocenters. The van der Waals surface area contributed by atoms with Gasteiger partial charge in [-0.1, -0.05) is 18.2 Å². The number of fused-ring (bicyclic) bond motifs is 4. The van der Waals surface area contributed by atoms with Gasteiger partial charge in [0.1, 0.15) is 11.3 Å². The summed E-state index contributed by atoms with van der Waals surface area (Å²) in [6, 6.07) is 12.5. The molecule has 2 aromatic carbocycles. The van der Waals surface area contributed by atoms with Crippen molar-refractivity contribution in [1.29, 1.82) is 0 Å². The zero-order valence-corrected chi connectivity index (χ0v) is 25.5. The summed E-state index contributed by atoms with van der Waals surface area (Å²) >= 11 is 0. The molecule has 0 spiro atoms. The summed E-state index contributed by atoms with van der Waals surface area (Å²) in [6.45, 7) is 3.04. The fourth-order valence-electron chi connectivity index (χ4n) is 8.29. The standard InChI is InChI=1S/C34H41N7O3/c1-38-31-25(14-23(16-28(31)44-2)33(42)41-18-22-8-9-26(41)29(22)35)37-32(38)27-15-21-4-3-5-24(30(21)40(27)17-19-6-7-19)20-10-12-39(13-11-20)34(36)43/h3-5,14-16,19-20,22,26,29H,6-13,17-18,35H2,1-2H3,(H2,36,43)/t22-,26-,29-/m1/s1. The number of methoxy groups -OCH3 is 1. The summed E-state index contributed by atoms with van der Waals surface area (Å²) in [7, 11) is 3.69. The van der Waals surface area contributed by atoms with Crippen LogP contribution in [0.25, 0.3) is 33.5 Å². The normalized spacial score (nSPS) is 23.8. The Morgan fingerprint density at radius 3 is 2.48 bits per heavy atom. The van der Waals surface area contributed by atoms with Crippen LogP contribution in [0.5, 0.6) is 5.75 Å². The summed E-state index contributed by atoms with van der Waals surface area (Å²) in [4.78, 5) is 34.4. The number of hydrogen-bond donors (Lipinski definition) is 2. The summed E-state index contributed by atoms with van der Waals surface area (Å²) < 4.78 is 10.5. The van der Waals surface area contributed by atoms with Gasteiger partial charge in [-0.25, -0.2) is 9.78 Å². The van der Waals surface area contributed by atoms with Gasteiger partial charge < -0.3 is 35.1 Å². The number of ether oxygens (including phenoxy) is 1. The predicted octanol–water partition coefficient (Wildman–Crippen LogP) is 4.43. The van der Waals surface area contributed by atoms with Crippen molar-refractivity contribution in [3.8, 4) is 17.3 Å². The van der Waals surface area contributed by atoms with Crippen LogP contribution in [0.4, 0.5) is 4.79 Å². The molecular formula is C34H41N7O3. The van der Waals surface area contributed by atoms with Crippen LogP contribution in [0.3, 0.4) is 0 Å². The minimum absolute atomic E-state index is 0.00919. The number of likely N-dealkylation sites (tertiary alicyclic amines) is 2. The van der Waals surface area contributed by atoms with Crippen molar-refractivity contribution in [2.75, 3.05) is 26.7 Å². The van der Waals surface area contributed by atoms with E-state index < -0.39 is 0 Å². The number of urea groups is 1. The van der Waals surface area contributed by atoms with Crippen molar-refractivity contribution < 1.29 is 14.3 Å². The average molecular weight is 596 g/mol. The van der Waals surface area contributed by atoms with Crippen molar-refractivity contribution in [1.82, 2.24) is 23.9 Å². The van der Waals surface area contributed by atoms with Gasteiger partial charge in [-0.15, -0.1) is 0 Å². The fourth-order valence-corrected chi connectivity index (χ4v) is 8.29. The van der Waals surface area contributed by atoms with E-state index >= 15 is 0 Å². The van der Waals surface area contributed by atoms with Gasteiger partial charge in [-0.3, -0.25) is 4.79 Å². The molecule has 2 saturated heterocycles. The molecule has 3 atom stereocenters. The summed E-state index contributed by atoms with van der Waals surface area (Å²) in [5.74, 6) is 2.92. The first kappa shape index (κ1) is 27.5. The number of nitrogens with two attached hydrogens (primary N) is 2. The highest BCUT2D eigenvalue weighted by Gasteiger charge is 2.47. The van der Waals surface area contributed by atoms with Gasteiger partial charge in [-0.05, 0) is 80.0 Å². The number of piperidine rings is 2. The first-order chi connectivity index (χ1) is 21.3. The number of aromatic nitrogens is 3. The van der Waals surface area contributed by atoms with Crippen molar-refractivity contribution in [2.45, 2.75) is 63.1 Å². The van der Waals surface area contributed by atoms with Crippen molar-refractivity contribution in [3.05, 3.63) is 47.5 Å². The van der Waals surface area contributed by atoms with Crippen LogP contribution >= 0.6 is 0 Å². The highest BCUT2D eigenvalue weighted by molar-refractivity contribution is 6.00. The van der Waals surface area contributed by atoms with Crippen LogP contribution in [0.15, 0.2) is 36.4 Å². The number of para-hydroxylation sites is 1. The van der Waals surface area contributed by atoms with Crippen LogP contribution < -0.4 is 16.2 Å². The van der Waals surface area contributed by atoms with E-state index in [9.17, 15) is 9.59 Å². The number of rotatable bonds is 6. The summed E-state index contributed by atoms with van der Waals surface area (Å²) in [5, 5.41) is 1.20. The molecule has 2 aromatic heterocycles. The molecule has 2 aliphatic heterocycles. The number of aryl methyl sites for hydroxylation is 1. The molecule has 0 radical (unpaired) electrons. The third-order valence-corrected chi connectivity index (χ3v) is 10.9. The molecule has 44 heavy (non-hydrogen) atoms. The van der Waals surface area contributed by atoms with E-state index in [1.807, 2.05) is 24.1 Å². The molecule has 2 aliphatic carbocycles. The number of hydrogen-bond acceptors (Lipinski definition) is 5. The Bertz CT molecular complexity index is 1800. The van der Waals surface area contributed by atoms with Crippen LogP contribution in [-0.4, -0.2) is 74.7 Å². The van der Waals surface area contributed by atoms with E-state index in [2.05, 4.69) is 33.4 Å². The molecule has 4 aromatic rings. The first-order valence-electron chi connectivity index (χ1n) is 16.1. The molecular weight excluding hydrogens is 554 g/mol. The maximum absolute atomic E-state index is 13.7. The molecule has 10 heteroatoms. The number of carbonyl (C=O) groups excluding carboxylic acids is 2. The number of amides is 3. The maximum Gasteiger partial charge on any atom is 0.314 e. The fraction of sp³-hybridized carbons (Fsp3) is 0.500. The van der Waals surface area contributed by atoms with E-state index in [1.54, 1.807) is 12.0 Å². The van der Waals surface area contributed by atoms with Crippen molar-refractivity contribution in [3.63, 3.8) is 0 Å². The lowest BCUT2D eigenvalue weighted by Gasteiger charge is -2.31. The number of carbonyl (C=O) groups is 2. The van der Waals surface area contributed by atoms with E-state index in [1.165, 1.54) is 29.3 Å². The van der Waals surface area contributed by atoms with Gasteiger partial charge >= 0.3 is 6.03 Å². The molecule has 2 saturated carbocycles. The van der Waals surface area contributed by atoms with Crippen LogP contribution in [0, 0.1) is 11.8 Å². The van der Waals surface area contributed by atoms with Crippen molar-refractivity contribution >= 4 is 33.9 Å². The monoisotopic (exact) mass is 595 g/mol. The van der Waals surface area contributed by atoms with Crippen LogP contribution in [0.2, 0.25) is 0 Å². The van der Waals surface area contributed by atoms with Gasteiger partial charge in [0.2, 0.25) is 0 Å². The first-order valence-corrected chi connectivity index (χ1v) is 16.1. The molecule has 4 N–H and O–H groups in total. The Hall–Kier alpha value is -4.05. The molecule has 4 aliphatic rings. The van der Waals surface area contributed by atoms with E-state index in [0.29, 0.717) is 42.2 Å². The zero-order valence-electron chi connectivity index (χ0n) is 25.5. The second-order valence-electron chi connectivity index (χ2n) is 13.4. The second-order valence-corrected chi connectivity index (χ2v) is 13.4. The van der Waals surface area contributed by atoms with Gasteiger partial charge in [0.25, 0.3) is 5.91 Å². The highest BCUT2D eigenvalue weighted by Crippen LogP contribution is 2.42. The van der Waals surface area contributed by atoms with Crippen LogP contribution in [0.1, 0.15) is 60.4 Å². The molecule has 4 fully saturated rings. The van der Waals surface area contributed by atoms with Gasteiger partial charge in [-0.2, -0.15) is 0 Å².